The van der Waals surface area contributed by atoms with Gasteiger partial charge in [-0.05, 0) is 46.2 Å². The molecule has 2 aromatic carbocycles. The van der Waals surface area contributed by atoms with Gasteiger partial charge in [0.2, 0.25) is 5.91 Å². The standard InChI is InChI=1S/C22H22FN7O3/c1-13(31)24-9-18-12-30(22(32)33-18)17-5-6-19(20(23)8-17)14-3-4-15-10-29(11-16(15)7-14)21-25-27-28(2)26-21/h3-8,18H,9-12H2,1-2H3,(H,24,31). The van der Waals surface area contributed by atoms with Crippen molar-refractivity contribution in [1.82, 2.24) is 25.5 Å². The first-order chi connectivity index (χ1) is 15.9. The lowest BCUT2D eigenvalue weighted by atomic mass is 10.00. The molecule has 2 aliphatic rings. The molecule has 0 radical (unpaired) electrons. The molecule has 1 saturated heterocycles. The molecule has 170 valence electrons. The summed E-state index contributed by atoms with van der Waals surface area (Å²) in [6.45, 7) is 3.13. The van der Waals surface area contributed by atoms with E-state index in [1.165, 1.54) is 22.7 Å². The molecule has 3 aromatic rings. The molecule has 10 nitrogen and oxygen atoms in total. The molecule has 0 spiro atoms. The van der Waals surface area contributed by atoms with Gasteiger partial charge in [0.1, 0.15) is 11.9 Å². The lowest BCUT2D eigenvalue weighted by molar-refractivity contribution is -0.119. The van der Waals surface area contributed by atoms with Gasteiger partial charge in [-0.2, -0.15) is 4.80 Å². The fraction of sp³-hybridized carbons (Fsp3) is 0.318. The van der Waals surface area contributed by atoms with Gasteiger partial charge in [-0.25, -0.2) is 9.18 Å². The zero-order valence-electron chi connectivity index (χ0n) is 18.2. The molecule has 1 aromatic heterocycles. The van der Waals surface area contributed by atoms with Crippen LogP contribution in [0.1, 0.15) is 18.1 Å². The Bertz CT molecular complexity index is 1240. The third kappa shape index (κ3) is 4.09. The van der Waals surface area contributed by atoms with Crippen LogP contribution in [0, 0.1) is 5.82 Å². The number of fused-ring (bicyclic) bond motifs is 1. The lowest BCUT2D eigenvalue weighted by Gasteiger charge is -2.15. The molecule has 1 N–H and O–H groups in total. The monoisotopic (exact) mass is 451 g/mol. The zero-order chi connectivity index (χ0) is 23.1. The highest BCUT2D eigenvalue weighted by atomic mass is 19.1. The fourth-order valence-corrected chi connectivity index (χ4v) is 4.11. The summed E-state index contributed by atoms with van der Waals surface area (Å²) in [4.78, 5) is 28.1. The number of rotatable bonds is 5. The first-order valence-electron chi connectivity index (χ1n) is 10.5. The van der Waals surface area contributed by atoms with Gasteiger partial charge in [-0.3, -0.25) is 9.69 Å². The van der Waals surface area contributed by atoms with Gasteiger partial charge in [0, 0.05) is 25.6 Å². The summed E-state index contributed by atoms with van der Waals surface area (Å²) in [5.74, 6) is -0.0820. The molecule has 3 heterocycles. The van der Waals surface area contributed by atoms with Gasteiger partial charge in [0.25, 0.3) is 5.95 Å². The maximum atomic E-state index is 15.1. The van der Waals surface area contributed by atoms with Crippen molar-refractivity contribution >= 4 is 23.6 Å². The zero-order valence-corrected chi connectivity index (χ0v) is 18.2. The van der Waals surface area contributed by atoms with Gasteiger partial charge in [-0.15, -0.1) is 5.10 Å². The largest absolute Gasteiger partial charge is 0.442 e. The molecular weight excluding hydrogens is 429 g/mol. The van der Waals surface area contributed by atoms with Crippen LogP contribution in [0.2, 0.25) is 0 Å². The van der Waals surface area contributed by atoms with E-state index in [1.54, 1.807) is 19.2 Å². The topological polar surface area (TPSA) is 105 Å². The molecule has 1 fully saturated rings. The molecule has 1 atom stereocenters. The molecule has 11 heteroatoms. The number of carbonyl (C=O) groups excluding carboxylic acids is 2. The van der Waals surface area contributed by atoms with E-state index in [0.717, 1.165) is 16.7 Å². The Morgan fingerprint density at radius 1 is 1.21 bits per heavy atom. The highest BCUT2D eigenvalue weighted by Crippen LogP contribution is 2.33. The van der Waals surface area contributed by atoms with Gasteiger partial charge < -0.3 is 15.0 Å². The fourth-order valence-electron chi connectivity index (χ4n) is 4.11. The van der Waals surface area contributed by atoms with Crippen molar-refractivity contribution in [2.45, 2.75) is 26.1 Å². The minimum Gasteiger partial charge on any atom is -0.442 e. The number of benzene rings is 2. The summed E-state index contributed by atoms with van der Waals surface area (Å²) in [7, 11) is 1.72. The van der Waals surface area contributed by atoms with Crippen molar-refractivity contribution < 1.29 is 18.7 Å². The van der Waals surface area contributed by atoms with E-state index in [9.17, 15) is 9.59 Å². The SMILES string of the molecule is CC(=O)NCC1CN(c2ccc(-c3ccc4c(c3)CN(c3nnn(C)n3)C4)c(F)c2)C(=O)O1. The predicted octanol–water partition coefficient (Wildman–Crippen LogP) is 2.00. The Balaban J connectivity index is 1.33. The van der Waals surface area contributed by atoms with E-state index < -0.39 is 18.0 Å². The number of carbonyl (C=O) groups is 2. The highest BCUT2D eigenvalue weighted by molar-refractivity contribution is 5.90. The van der Waals surface area contributed by atoms with Crippen LogP contribution >= 0.6 is 0 Å². The number of aromatic nitrogens is 4. The van der Waals surface area contributed by atoms with Crippen LogP contribution in [0.4, 0.5) is 20.8 Å². The molecule has 0 saturated carbocycles. The van der Waals surface area contributed by atoms with Gasteiger partial charge in [0.15, 0.2) is 0 Å². The van der Waals surface area contributed by atoms with Crippen LogP contribution in [0.5, 0.6) is 0 Å². The third-order valence-electron chi connectivity index (χ3n) is 5.74. The number of aryl methyl sites for hydroxylation is 1. The molecular formula is C22H22FN7O3. The second-order valence-corrected chi connectivity index (χ2v) is 8.14. The molecule has 0 bridgehead atoms. The number of nitrogens with zero attached hydrogens (tertiary/aromatic N) is 6. The predicted molar refractivity (Wildman–Crippen MR) is 117 cm³/mol. The second kappa shape index (κ2) is 8.15. The number of amides is 2. The average molecular weight is 451 g/mol. The lowest BCUT2D eigenvalue weighted by Crippen LogP contribution is -2.33. The van der Waals surface area contributed by atoms with E-state index in [2.05, 4.69) is 20.7 Å². The van der Waals surface area contributed by atoms with Crippen LogP contribution < -0.4 is 15.1 Å². The van der Waals surface area contributed by atoms with E-state index in [1.807, 2.05) is 23.1 Å². The maximum absolute atomic E-state index is 15.1. The smallest absolute Gasteiger partial charge is 0.414 e. The quantitative estimate of drug-likeness (QED) is 0.633. The van der Waals surface area contributed by atoms with Crippen molar-refractivity contribution in [1.29, 1.82) is 0 Å². The summed E-state index contributed by atoms with van der Waals surface area (Å²) in [5, 5.41) is 14.8. The van der Waals surface area contributed by atoms with E-state index >= 15 is 4.39 Å². The number of hydrogen-bond acceptors (Lipinski definition) is 7. The third-order valence-corrected chi connectivity index (χ3v) is 5.74. The number of tetrazole rings is 1. The van der Waals surface area contributed by atoms with Crippen molar-refractivity contribution in [3.05, 3.63) is 53.3 Å². The molecule has 1 unspecified atom stereocenters. The van der Waals surface area contributed by atoms with Crippen LogP contribution in [0.3, 0.4) is 0 Å². The molecule has 33 heavy (non-hydrogen) atoms. The summed E-state index contributed by atoms with van der Waals surface area (Å²) in [5.41, 5.74) is 3.81. The van der Waals surface area contributed by atoms with E-state index in [0.29, 0.717) is 30.3 Å². The van der Waals surface area contributed by atoms with Gasteiger partial charge >= 0.3 is 6.09 Å². The first-order valence-corrected chi connectivity index (χ1v) is 10.5. The Hall–Kier alpha value is -4.02. The Kier molecular flexibility index (Phi) is 5.15. The maximum Gasteiger partial charge on any atom is 0.414 e. The van der Waals surface area contributed by atoms with Crippen LogP contribution in [-0.4, -0.2) is 51.4 Å². The Morgan fingerprint density at radius 3 is 2.76 bits per heavy atom. The van der Waals surface area contributed by atoms with Crippen LogP contribution in [-0.2, 0) is 29.7 Å². The summed E-state index contributed by atoms with van der Waals surface area (Å²) in [6, 6.07) is 10.5. The van der Waals surface area contributed by atoms with Crippen molar-refractivity contribution in [3.63, 3.8) is 0 Å². The number of anilines is 2. The number of cyclic esters (lactones) is 1. The Labute approximate surface area is 188 Å². The number of halogens is 1. The van der Waals surface area contributed by atoms with E-state index in [4.69, 9.17) is 4.74 Å². The normalized spacial score (nSPS) is 17.3. The van der Waals surface area contributed by atoms with Crippen LogP contribution in [0.25, 0.3) is 11.1 Å². The van der Waals surface area contributed by atoms with Gasteiger partial charge in [0.05, 0.1) is 25.8 Å². The number of ether oxygens (including phenoxy) is 1. The van der Waals surface area contributed by atoms with Crippen molar-refractivity contribution in [2.75, 3.05) is 22.9 Å². The summed E-state index contributed by atoms with van der Waals surface area (Å²) < 4.78 is 20.3. The average Bonchev–Trinajstić information content (AvgIpc) is 3.49. The van der Waals surface area contributed by atoms with E-state index in [-0.39, 0.29) is 19.0 Å². The molecule has 5 rings (SSSR count). The molecule has 2 amide bonds. The highest BCUT2D eigenvalue weighted by Gasteiger charge is 2.33. The summed E-state index contributed by atoms with van der Waals surface area (Å²) >= 11 is 0. The Morgan fingerprint density at radius 2 is 2.03 bits per heavy atom. The first kappa shape index (κ1) is 20.9. The number of nitrogens with one attached hydrogen (secondary N) is 1. The number of hydrogen-bond donors (Lipinski definition) is 1. The minimum absolute atomic E-state index is 0.203. The van der Waals surface area contributed by atoms with Gasteiger partial charge in [-0.1, -0.05) is 17.2 Å². The second-order valence-electron chi connectivity index (χ2n) is 8.14. The van der Waals surface area contributed by atoms with Crippen LogP contribution in [0.15, 0.2) is 36.4 Å². The van der Waals surface area contributed by atoms with Crippen molar-refractivity contribution in [2.24, 2.45) is 7.05 Å². The molecule has 0 aliphatic carbocycles. The van der Waals surface area contributed by atoms with Crippen molar-refractivity contribution in [3.8, 4) is 11.1 Å². The minimum atomic E-state index is -0.562. The summed E-state index contributed by atoms with van der Waals surface area (Å²) in [6.07, 6.45) is -1.04. The molecule has 2 aliphatic heterocycles.